The summed E-state index contributed by atoms with van der Waals surface area (Å²) >= 11 is 0. The van der Waals surface area contributed by atoms with Gasteiger partial charge in [0.2, 0.25) is 0 Å². The van der Waals surface area contributed by atoms with Crippen molar-refractivity contribution in [2.45, 2.75) is 476 Å². The van der Waals surface area contributed by atoms with E-state index in [1.807, 2.05) is 62.3 Å². The standard InChI is InChI=1S/C9H15NO4.5C7H13NO3.C6H11NO3.C6H10NO3.12C3H8.2C2H6.Ac/c1-6(7(2)12)10-8(5-11)3-4-9(13)14;5*1-2-8-6(5-9)3-4-7(10)11;2*1-7-5(4-8)2-3-6(9)10;12*1-3-2;2*1-2;/h5-6,8,10H,3-4H2,1-2H3,(H,13,14);5*5-6,8H,2-4H2,1H3,(H,10,11);4-5,7H,2-3H2,1H3,(H,9,10);5,7H,2-3H2,1H3,(H,9,10);12*3H2,1-2H3;2*1-2H3;/q;;;;;;;-1;;;;;;;;;;;;;;;/t6?,8-;5*6-;2*5-;;;;;;;;;;;;;;;/m11111110.............../s1. The Bertz CT molecular complexity index is 1930. The van der Waals surface area contributed by atoms with Crippen LogP contribution >= 0.6 is 0 Å². The van der Waals surface area contributed by atoms with Crippen LogP contribution in [0, 0.1) is 44.1 Å². The minimum atomic E-state index is -0.950. The topological polar surface area (TPSA) is 548 Å². The number of aliphatic carboxylic acids is 8. The van der Waals surface area contributed by atoms with Crippen LogP contribution in [0.4, 0.5) is 0 Å². The van der Waals surface area contributed by atoms with Crippen molar-refractivity contribution in [3.05, 3.63) is 0 Å². The number of carbonyl (C=O) groups is 16. The monoisotopic (exact) mass is 2100 g/mol. The molecule has 34 heteroatoms. The van der Waals surface area contributed by atoms with Crippen LogP contribution in [0.2, 0.25) is 0 Å². The molecule has 0 heterocycles. The molecule has 16 N–H and O–H groups in total. The maximum atomic E-state index is 10.8. The first kappa shape index (κ1) is 184. The zero-order valence-corrected chi connectivity index (χ0v) is 94.4. The first-order valence-electron chi connectivity index (χ1n) is 47.4. The van der Waals surface area contributed by atoms with E-state index in [1.165, 1.54) is 84.0 Å². The molecule has 9 atom stereocenters. The number of rotatable bonds is 47. The molecule has 0 aromatic heterocycles. The molecule has 0 aliphatic rings. The fraction of sp³-hybridized carbons (Fsp3) is 0.823. The minimum absolute atomic E-state index is 0. The summed E-state index contributed by atoms with van der Waals surface area (Å²) in [6.45, 7) is 74.8. The number of carboxylic acid groups (broad SMARTS) is 8. The van der Waals surface area contributed by atoms with E-state index in [-0.39, 0.29) is 144 Å². The summed E-state index contributed by atoms with van der Waals surface area (Å²) in [4.78, 5) is 173. The average molecular weight is 2100 g/mol. The second-order valence-corrected chi connectivity index (χ2v) is 26.7. The van der Waals surface area contributed by atoms with Gasteiger partial charge in [-0.15, -0.1) is 0 Å². The molecule has 0 saturated carbocycles. The molecule has 33 nitrogen and oxygen atoms in total. The van der Waals surface area contributed by atoms with Crippen molar-refractivity contribution in [3.8, 4) is 0 Å². The quantitative estimate of drug-likeness (QED) is 0.0199. The van der Waals surface area contributed by atoms with Crippen molar-refractivity contribution < 1.29 is 166 Å². The van der Waals surface area contributed by atoms with Crippen LogP contribution in [0.1, 0.15) is 422 Å². The molecule has 0 saturated heterocycles. The molecule has 787 valence electrons. The summed E-state index contributed by atoms with van der Waals surface area (Å²) in [7, 11) is 3.22. The third-order valence-corrected chi connectivity index (χ3v) is 10.7. The van der Waals surface area contributed by atoms with Crippen LogP contribution in [0.5, 0.6) is 0 Å². The number of Topliss-reactive ketones (excluding diaryl/α,β-unsaturated/α-hetero) is 1. The Morgan fingerprint density at radius 1 is 0.254 bits per heavy atom. The van der Waals surface area contributed by atoms with Gasteiger partial charge in [-0.2, -0.15) is 0 Å². The molecular weight excluding hydrogens is 1890 g/mol. The van der Waals surface area contributed by atoms with Gasteiger partial charge in [0.25, 0.3) is 0 Å². The van der Waals surface area contributed by atoms with Crippen LogP contribution in [0.3, 0.4) is 0 Å². The molecule has 0 fully saturated rings. The summed E-state index contributed by atoms with van der Waals surface area (Å²) in [5.74, 6) is -7.12. The van der Waals surface area contributed by atoms with Crippen molar-refractivity contribution >= 4 is 104 Å². The Balaban J connectivity index is -0.0000000452. The summed E-state index contributed by atoms with van der Waals surface area (Å²) < 4.78 is 0. The van der Waals surface area contributed by atoms with E-state index >= 15 is 0 Å². The fourth-order valence-electron chi connectivity index (χ4n) is 5.79. The van der Waals surface area contributed by atoms with Crippen LogP contribution in [-0.2, 0) is 81.5 Å². The molecule has 0 rings (SSSR count). The second-order valence-electron chi connectivity index (χ2n) is 26.7. The molecule has 1 radical (unpaired) electrons. The van der Waals surface area contributed by atoms with Gasteiger partial charge in [0.15, 0.2) is 0 Å². The molecule has 0 aliphatic heterocycles. The fourth-order valence-corrected chi connectivity index (χ4v) is 5.79. The number of aldehydes is 7. The third-order valence-electron chi connectivity index (χ3n) is 10.7. The van der Waals surface area contributed by atoms with Crippen LogP contribution in [0.25, 0.3) is 0 Å². The van der Waals surface area contributed by atoms with Crippen molar-refractivity contribution in [1.82, 2.24) is 42.5 Å². The van der Waals surface area contributed by atoms with Crippen molar-refractivity contribution in [3.63, 3.8) is 0 Å². The minimum Gasteiger partial charge on any atom is -0.540 e. The maximum absolute atomic E-state index is 10.8. The first-order chi connectivity index (χ1) is 60.9. The Morgan fingerprint density at radius 3 is 0.485 bits per heavy atom. The van der Waals surface area contributed by atoms with Crippen molar-refractivity contribution in [1.29, 1.82) is 0 Å². The molecule has 0 aromatic rings. The Morgan fingerprint density at radius 2 is 0.385 bits per heavy atom. The number of nitrogens with one attached hydrogen (secondary N) is 8. The van der Waals surface area contributed by atoms with Gasteiger partial charge in [-0.3, -0.25) is 48.5 Å². The number of carboxylic acids is 8. The zero-order valence-electron chi connectivity index (χ0n) is 89.7. The predicted molar refractivity (Wildman–Crippen MR) is 537 cm³/mol. The van der Waals surface area contributed by atoms with E-state index in [0.29, 0.717) is 90.2 Å². The molecular formula is C96H209AcN8O25-. The van der Waals surface area contributed by atoms with Gasteiger partial charge in [0.1, 0.15) is 49.8 Å². The summed E-state index contributed by atoms with van der Waals surface area (Å²) in [6, 6.07) is -3.30. The first-order valence-corrected chi connectivity index (χ1v) is 47.4. The molecule has 0 aliphatic carbocycles. The molecule has 0 amide bonds. The van der Waals surface area contributed by atoms with E-state index in [2.05, 4.69) is 209 Å². The molecule has 130 heavy (non-hydrogen) atoms. The molecule has 0 spiro atoms. The largest absolute Gasteiger partial charge is 0.540 e. The average Bonchev–Trinajstić information content (AvgIpc) is 0.949. The number of hydrogen-bond acceptors (Lipinski definition) is 25. The maximum Gasteiger partial charge on any atom is 0.303 e. The van der Waals surface area contributed by atoms with Gasteiger partial charge in [-0.25, -0.2) is 6.29 Å². The van der Waals surface area contributed by atoms with Gasteiger partial charge in [-0.1, -0.05) is 318 Å². The SMILES string of the molecule is CC.CC.CC(=O)C(C)N[C@@H](C=O)CCC(=O)O.CCC.CCC.CCC.CCC.CCC.CCC.CCC.CCC.CCC.CCC.CCC.CCC.CCN[C@@H](C=O)CCC(=O)O.CCN[C@@H](C=O)CCC(=O)O.CCN[C@@H](C=O)CCC(=O)O.CCN[C@@H](C=O)CCC(=O)O.CCN[C@@H](C=O)CCC(=O)O.CN[C@@H](C=O)CCC(=O)O.CN[C@H]([C-]=O)CCC(=O)O.[Ac]. The van der Waals surface area contributed by atoms with Crippen molar-refractivity contribution in [2.75, 3.05) is 46.8 Å². The van der Waals surface area contributed by atoms with Gasteiger partial charge in [-0.05, 0) is 106 Å². The Hall–Kier alpha value is -6.09. The second kappa shape index (κ2) is 195. The Labute approximate surface area is 830 Å². The van der Waals surface area contributed by atoms with E-state index in [4.69, 9.17) is 40.9 Å². The predicted octanol–water partition coefficient (Wildman–Crippen LogP) is 18.4. The van der Waals surface area contributed by atoms with Crippen LogP contribution < -0.4 is 42.5 Å². The van der Waals surface area contributed by atoms with E-state index < -0.39 is 65.9 Å². The van der Waals surface area contributed by atoms with E-state index in [9.17, 15) is 81.5 Å². The van der Waals surface area contributed by atoms with Gasteiger partial charge in [0.05, 0.1) is 48.3 Å². The van der Waals surface area contributed by atoms with Crippen LogP contribution in [-0.4, -0.2) is 246 Å². The number of hydrogen-bond donors (Lipinski definition) is 16. The smallest absolute Gasteiger partial charge is 0.303 e. The van der Waals surface area contributed by atoms with Crippen molar-refractivity contribution in [2.24, 2.45) is 0 Å². The molecule has 0 aromatic carbocycles. The van der Waals surface area contributed by atoms with Gasteiger partial charge >= 0.3 is 47.8 Å². The van der Waals surface area contributed by atoms with Crippen LogP contribution in [0.15, 0.2) is 0 Å². The Kier molecular flexibility index (Phi) is 275. The summed E-state index contributed by atoms with van der Waals surface area (Å²) in [5.41, 5.74) is 0. The number of carbonyl (C=O) groups excluding carboxylic acids is 9. The number of likely N-dealkylation sites (N-methyl/N-ethyl adjacent to an activating group) is 7. The van der Waals surface area contributed by atoms with Gasteiger partial charge in [0, 0.05) is 95.4 Å². The third kappa shape index (κ3) is 301. The van der Waals surface area contributed by atoms with E-state index in [1.54, 1.807) is 27.3 Å². The summed E-state index contributed by atoms with van der Waals surface area (Å²) in [6.07, 6.45) is 24.6. The normalized spacial score (nSPS) is 10.5. The van der Waals surface area contributed by atoms with E-state index in [0.717, 1.165) is 31.4 Å². The molecule has 0 bridgehead atoms. The molecule has 1 unspecified atom stereocenters. The number of ketones is 1. The zero-order chi connectivity index (χ0) is 107. The van der Waals surface area contributed by atoms with Gasteiger partial charge < -0.3 is 116 Å². The summed E-state index contributed by atoms with van der Waals surface area (Å²) in [5, 5.41) is 88.5.